The number of benzene rings is 1. The van der Waals surface area contributed by atoms with Crippen LogP contribution >= 0.6 is 0 Å². The van der Waals surface area contributed by atoms with Crippen LogP contribution in [0.4, 0.5) is 5.69 Å². The van der Waals surface area contributed by atoms with Crippen molar-refractivity contribution in [2.24, 2.45) is 5.92 Å². The van der Waals surface area contributed by atoms with Crippen LogP contribution in [-0.4, -0.2) is 41.2 Å². The molecule has 0 aromatic heterocycles. The fourth-order valence-electron chi connectivity index (χ4n) is 2.59. The molecule has 0 saturated carbocycles. The third-order valence-electron chi connectivity index (χ3n) is 3.66. The van der Waals surface area contributed by atoms with Gasteiger partial charge < -0.3 is 5.11 Å². The Bertz CT molecular complexity index is 488. The molecule has 1 aliphatic heterocycles. The summed E-state index contributed by atoms with van der Waals surface area (Å²) in [7, 11) is 0. The number of hydrogen-bond acceptors (Lipinski definition) is 4. The largest absolute Gasteiger partial charge is 0.396 e. The number of nitro groups is 1. The second-order valence-electron chi connectivity index (χ2n) is 5.17. The van der Waals surface area contributed by atoms with E-state index in [9.17, 15) is 15.2 Å². The highest BCUT2D eigenvalue weighted by atomic mass is 16.6. The average Bonchev–Trinajstić information content (AvgIpc) is 2.48. The second kappa shape index (κ2) is 7.17. The maximum atomic E-state index is 10.9. The van der Waals surface area contributed by atoms with Crippen molar-refractivity contribution in [1.82, 2.24) is 4.90 Å². The molecule has 2 rings (SSSR count). The predicted molar refractivity (Wildman–Crippen MR) is 78.4 cm³/mol. The number of nitrogens with zero attached hydrogens (tertiary/aromatic N) is 2. The van der Waals surface area contributed by atoms with Gasteiger partial charge in [0.2, 0.25) is 0 Å². The highest BCUT2D eigenvalue weighted by Gasteiger charge is 2.18. The zero-order valence-corrected chi connectivity index (χ0v) is 11.4. The lowest BCUT2D eigenvalue weighted by Gasteiger charge is -2.30. The van der Waals surface area contributed by atoms with E-state index in [4.69, 9.17) is 0 Å². The molecule has 1 aromatic rings. The van der Waals surface area contributed by atoms with Crippen LogP contribution in [0.1, 0.15) is 18.4 Å². The van der Waals surface area contributed by atoms with Gasteiger partial charge in [-0.15, -0.1) is 0 Å². The van der Waals surface area contributed by atoms with Crippen molar-refractivity contribution in [3.8, 4) is 0 Å². The molecule has 0 unspecified atom stereocenters. The molecule has 1 fully saturated rings. The van der Waals surface area contributed by atoms with Crippen LogP contribution in [0, 0.1) is 16.0 Å². The maximum Gasteiger partial charge on any atom is 0.276 e. The zero-order chi connectivity index (χ0) is 14.4. The highest BCUT2D eigenvalue weighted by Crippen LogP contribution is 2.19. The Kier molecular flexibility index (Phi) is 5.26. The number of aliphatic hydroxyl groups is 1. The van der Waals surface area contributed by atoms with Crippen LogP contribution in [0.15, 0.2) is 30.3 Å². The maximum absolute atomic E-state index is 10.9. The molecular weight excluding hydrogens is 256 g/mol. The Balaban J connectivity index is 1.95. The quantitative estimate of drug-likeness (QED) is 0.662. The standard InChI is InChI=1S/C15H20N2O3/c18-12-13-5-3-9-16(11-13)10-4-7-14-6-1-2-8-15(14)17(19)20/h1-2,4,6-8,13,18H,3,5,9-12H2/b7-4+/t13-/m1/s1. The van der Waals surface area contributed by atoms with Gasteiger partial charge in [0.1, 0.15) is 0 Å². The molecular formula is C15H20N2O3. The van der Waals surface area contributed by atoms with Gasteiger partial charge in [-0.2, -0.15) is 0 Å². The molecule has 1 aliphatic rings. The van der Waals surface area contributed by atoms with E-state index in [1.165, 1.54) is 6.07 Å². The predicted octanol–water partition coefficient (Wildman–Crippen LogP) is 2.31. The van der Waals surface area contributed by atoms with Crippen molar-refractivity contribution >= 4 is 11.8 Å². The fraction of sp³-hybridized carbons (Fsp3) is 0.467. The molecule has 5 heteroatoms. The molecule has 0 radical (unpaired) electrons. The Morgan fingerprint density at radius 3 is 3.00 bits per heavy atom. The van der Waals surface area contributed by atoms with Crippen molar-refractivity contribution < 1.29 is 10.0 Å². The van der Waals surface area contributed by atoms with Crippen LogP contribution < -0.4 is 0 Å². The summed E-state index contributed by atoms with van der Waals surface area (Å²) in [5, 5.41) is 20.1. The molecule has 1 N–H and O–H groups in total. The molecule has 1 heterocycles. The van der Waals surface area contributed by atoms with Gasteiger partial charge >= 0.3 is 0 Å². The van der Waals surface area contributed by atoms with Crippen LogP contribution in [0.5, 0.6) is 0 Å². The summed E-state index contributed by atoms with van der Waals surface area (Å²) in [6.45, 7) is 2.93. The Morgan fingerprint density at radius 1 is 1.45 bits per heavy atom. The van der Waals surface area contributed by atoms with Crippen LogP contribution in [-0.2, 0) is 0 Å². The molecule has 0 aliphatic carbocycles. The van der Waals surface area contributed by atoms with Crippen molar-refractivity contribution in [3.05, 3.63) is 46.0 Å². The van der Waals surface area contributed by atoms with Crippen LogP contribution in [0.25, 0.3) is 6.08 Å². The van der Waals surface area contributed by atoms with E-state index in [1.54, 1.807) is 24.3 Å². The van der Waals surface area contributed by atoms with Crippen molar-refractivity contribution in [2.75, 3.05) is 26.2 Å². The monoisotopic (exact) mass is 276 g/mol. The van der Waals surface area contributed by atoms with Gasteiger partial charge in [0.05, 0.1) is 10.5 Å². The molecule has 0 spiro atoms. The van der Waals surface area contributed by atoms with Crippen LogP contribution in [0.3, 0.4) is 0 Å². The summed E-state index contributed by atoms with van der Waals surface area (Å²) in [5.41, 5.74) is 0.767. The fourth-order valence-corrected chi connectivity index (χ4v) is 2.59. The first kappa shape index (κ1) is 14.7. The van der Waals surface area contributed by atoms with Gasteiger partial charge in [0.15, 0.2) is 0 Å². The average molecular weight is 276 g/mol. The lowest BCUT2D eigenvalue weighted by atomic mass is 9.99. The van der Waals surface area contributed by atoms with Gasteiger partial charge in [-0.25, -0.2) is 0 Å². The topological polar surface area (TPSA) is 66.6 Å². The van der Waals surface area contributed by atoms with Crippen molar-refractivity contribution in [2.45, 2.75) is 12.8 Å². The molecule has 1 atom stereocenters. The minimum absolute atomic E-state index is 0.135. The van der Waals surface area contributed by atoms with Gasteiger partial charge in [-0.05, 0) is 31.4 Å². The number of rotatable bonds is 5. The summed E-state index contributed by atoms with van der Waals surface area (Å²) in [4.78, 5) is 12.8. The van der Waals surface area contributed by atoms with E-state index in [1.807, 2.05) is 6.08 Å². The molecule has 0 amide bonds. The number of hydrogen-bond donors (Lipinski definition) is 1. The number of para-hydroxylation sites is 1. The van der Waals surface area contributed by atoms with E-state index < -0.39 is 0 Å². The normalized spacial score (nSPS) is 20.4. The molecule has 108 valence electrons. The molecule has 1 aromatic carbocycles. The van der Waals surface area contributed by atoms with Gasteiger partial charge in [-0.1, -0.05) is 24.3 Å². The minimum atomic E-state index is -0.359. The van der Waals surface area contributed by atoms with Crippen LogP contribution in [0.2, 0.25) is 0 Å². The summed E-state index contributed by atoms with van der Waals surface area (Å²) >= 11 is 0. The number of aliphatic hydroxyl groups excluding tert-OH is 1. The van der Waals surface area contributed by atoms with E-state index in [0.29, 0.717) is 11.5 Å². The Hall–Kier alpha value is -1.72. The third kappa shape index (κ3) is 3.88. The first-order valence-corrected chi connectivity index (χ1v) is 6.94. The highest BCUT2D eigenvalue weighted by molar-refractivity contribution is 5.60. The summed E-state index contributed by atoms with van der Waals surface area (Å²) in [6, 6.07) is 6.74. The number of likely N-dealkylation sites (tertiary alicyclic amines) is 1. The smallest absolute Gasteiger partial charge is 0.276 e. The lowest BCUT2D eigenvalue weighted by Crippen LogP contribution is -2.36. The molecule has 5 nitrogen and oxygen atoms in total. The zero-order valence-electron chi connectivity index (χ0n) is 11.4. The van der Waals surface area contributed by atoms with Crippen molar-refractivity contribution in [3.63, 3.8) is 0 Å². The Labute approximate surface area is 118 Å². The first-order valence-electron chi connectivity index (χ1n) is 6.94. The summed E-state index contributed by atoms with van der Waals surface area (Å²) in [5.74, 6) is 0.364. The minimum Gasteiger partial charge on any atom is -0.396 e. The second-order valence-corrected chi connectivity index (χ2v) is 5.17. The van der Waals surface area contributed by atoms with Gasteiger partial charge in [-0.3, -0.25) is 15.0 Å². The van der Waals surface area contributed by atoms with E-state index in [-0.39, 0.29) is 17.2 Å². The summed E-state index contributed by atoms with van der Waals surface area (Å²) < 4.78 is 0. The molecule has 1 saturated heterocycles. The Morgan fingerprint density at radius 2 is 2.25 bits per heavy atom. The first-order chi connectivity index (χ1) is 9.70. The lowest BCUT2D eigenvalue weighted by molar-refractivity contribution is -0.385. The third-order valence-corrected chi connectivity index (χ3v) is 3.66. The molecule has 20 heavy (non-hydrogen) atoms. The van der Waals surface area contributed by atoms with Gasteiger partial charge in [0, 0.05) is 25.8 Å². The van der Waals surface area contributed by atoms with E-state index >= 15 is 0 Å². The number of piperidine rings is 1. The summed E-state index contributed by atoms with van der Waals surface area (Å²) in [6.07, 6.45) is 5.95. The molecule has 0 bridgehead atoms. The number of nitro benzene ring substituents is 1. The van der Waals surface area contributed by atoms with Crippen molar-refractivity contribution in [1.29, 1.82) is 0 Å². The van der Waals surface area contributed by atoms with E-state index in [2.05, 4.69) is 4.90 Å². The SMILES string of the molecule is O=[N+]([O-])c1ccccc1/C=C/CN1CCC[C@@H](CO)C1. The van der Waals surface area contributed by atoms with E-state index in [0.717, 1.165) is 32.5 Å². The van der Waals surface area contributed by atoms with Gasteiger partial charge in [0.25, 0.3) is 5.69 Å².